The van der Waals surface area contributed by atoms with Gasteiger partial charge in [0.15, 0.2) is 0 Å². The number of furan rings is 1. The van der Waals surface area contributed by atoms with E-state index in [-0.39, 0.29) is 28.7 Å². The van der Waals surface area contributed by atoms with Gasteiger partial charge >= 0.3 is 0 Å². The number of carbonyl (C=O) groups excluding carboxylic acids is 1. The van der Waals surface area contributed by atoms with Crippen LogP contribution in [0.25, 0.3) is 17.4 Å². The van der Waals surface area contributed by atoms with E-state index in [1.165, 1.54) is 23.2 Å². The van der Waals surface area contributed by atoms with Gasteiger partial charge in [0.25, 0.3) is 11.6 Å². The second-order valence-corrected chi connectivity index (χ2v) is 7.42. The van der Waals surface area contributed by atoms with Gasteiger partial charge in [0.1, 0.15) is 17.3 Å². The average molecular weight is 468 g/mol. The SMILES string of the molecule is CC1=NN(c2cccc(Br)c2)C(=O)/C1=C/c1ccc(-c2cc([N+](=O)[O-])ccc2O)o1. The zero-order chi connectivity index (χ0) is 21.4. The summed E-state index contributed by atoms with van der Waals surface area (Å²) in [5, 5.41) is 26.7. The fourth-order valence-electron chi connectivity index (χ4n) is 3.02. The summed E-state index contributed by atoms with van der Waals surface area (Å²) in [5.74, 6) is 0.142. The smallest absolute Gasteiger partial charge is 0.280 e. The Bertz CT molecular complexity index is 1240. The van der Waals surface area contributed by atoms with Crippen LogP contribution in [-0.4, -0.2) is 21.6 Å². The molecule has 0 saturated carbocycles. The molecule has 0 saturated heterocycles. The Kier molecular flexibility index (Phi) is 4.96. The normalized spacial score (nSPS) is 15.0. The molecule has 1 amide bonds. The number of anilines is 1. The van der Waals surface area contributed by atoms with E-state index in [9.17, 15) is 20.0 Å². The predicted octanol–water partition coefficient (Wildman–Crippen LogP) is 5.13. The van der Waals surface area contributed by atoms with Gasteiger partial charge in [-0.25, -0.2) is 0 Å². The van der Waals surface area contributed by atoms with Crippen LogP contribution in [-0.2, 0) is 4.79 Å². The first-order valence-corrected chi connectivity index (χ1v) is 9.57. The van der Waals surface area contributed by atoms with Crippen LogP contribution in [0.1, 0.15) is 12.7 Å². The van der Waals surface area contributed by atoms with Gasteiger partial charge in [-0.1, -0.05) is 22.0 Å². The Morgan fingerprint density at radius 2 is 2.00 bits per heavy atom. The summed E-state index contributed by atoms with van der Waals surface area (Å²) in [7, 11) is 0. The highest BCUT2D eigenvalue weighted by molar-refractivity contribution is 9.10. The molecule has 2 heterocycles. The number of hydrogen-bond acceptors (Lipinski definition) is 6. The number of aromatic hydroxyl groups is 1. The zero-order valence-electron chi connectivity index (χ0n) is 15.6. The number of amides is 1. The summed E-state index contributed by atoms with van der Waals surface area (Å²) in [6.45, 7) is 1.72. The predicted molar refractivity (Wildman–Crippen MR) is 115 cm³/mol. The van der Waals surface area contributed by atoms with E-state index in [0.29, 0.717) is 22.7 Å². The van der Waals surface area contributed by atoms with Gasteiger partial charge in [0.2, 0.25) is 0 Å². The van der Waals surface area contributed by atoms with Crippen LogP contribution >= 0.6 is 15.9 Å². The lowest BCUT2D eigenvalue weighted by Crippen LogP contribution is -2.21. The van der Waals surface area contributed by atoms with Crippen molar-refractivity contribution in [1.29, 1.82) is 0 Å². The van der Waals surface area contributed by atoms with Crippen molar-refractivity contribution in [2.45, 2.75) is 6.92 Å². The van der Waals surface area contributed by atoms with Gasteiger partial charge in [0.05, 0.1) is 27.5 Å². The molecule has 0 radical (unpaired) electrons. The second-order valence-electron chi connectivity index (χ2n) is 6.50. The maximum atomic E-state index is 12.9. The minimum absolute atomic E-state index is 0.148. The number of hydrazone groups is 1. The monoisotopic (exact) mass is 467 g/mol. The van der Waals surface area contributed by atoms with Gasteiger partial charge in [-0.3, -0.25) is 14.9 Å². The number of phenolic OH excluding ortho intramolecular Hbond substituents is 1. The van der Waals surface area contributed by atoms with Crippen molar-refractivity contribution in [2.24, 2.45) is 5.10 Å². The molecule has 1 aromatic heterocycles. The van der Waals surface area contributed by atoms with Gasteiger partial charge < -0.3 is 9.52 Å². The number of hydrogen-bond donors (Lipinski definition) is 1. The third kappa shape index (κ3) is 3.62. The minimum atomic E-state index is -0.553. The van der Waals surface area contributed by atoms with Crippen molar-refractivity contribution in [3.05, 3.63) is 80.5 Å². The number of nitro benzene ring substituents is 1. The Morgan fingerprint density at radius 3 is 2.73 bits per heavy atom. The van der Waals surface area contributed by atoms with E-state index in [2.05, 4.69) is 21.0 Å². The molecule has 0 aliphatic carbocycles. The van der Waals surface area contributed by atoms with Gasteiger partial charge in [-0.15, -0.1) is 0 Å². The fraction of sp³-hybridized carbons (Fsp3) is 0.0476. The van der Waals surface area contributed by atoms with Crippen molar-refractivity contribution in [3.63, 3.8) is 0 Å². The van der Waals surface area contributed by atoms with Gasteiger partial charge in [-0.05, 0) is 49.4 Å². The molecule has 8 nitrogen and oxygen atoms in total. The maximum absolute atomic E-state index is 12.9. The Hall–Kier alpha value is -3.72. The molecule has 150 valence electrons. The van der Waals surface area contributed by atoms with Crippen molar-refractivity contribution in [1.82, 2.24) is 0 Å². The minimum Gasteiger partial charge on any atom is -0.507 e. The van der Waals surface area contributed by atoms with Crippen molar-refractivity contribution in [2.75, 3.05) is 5.01 Å². The summed E-state index contributed by atoms with van der Waals surface area (Å²) in [4.78, 5) is 23.3. The van der Waals surface area contributed by atoms with E-state index in [1.807, 2.05) is 12.1 Å². The number of nitrogens with zero attached hydrogens (tertiary/aromatic N) is 3. The highest BCUT2D eigenvalue weighted by Crippen LogP contribution is 2.34. The van der Waals surface area contributed by atoms with E-state index >= 15 is 0 Å². The fourth-order valence-corrected chi connectivity index (χ4v) is 3.41. The molecule has 1 aliphatic rings. The summed E-state index contributed by atoms with van der Waals surface area (Å²) >= 11 is 3.38. The van der Waals surface area contributed by atoms with Crippen LogP contribution in [0.5, 0.6) is 5.75 Å². The molecule has 1 N–H and O–H groups in total. The lowest BCUT2D eigenvalue weighted by molar-refractivity contribution is -0.384. The highest BCUT2D eigenvalue weighted by atomic mass is 79.9. The van der Waals surface area contributed by atoms with Crippen molar-refractivity contribution >= 4 is 45.0 Å². The zero-order valence-corrected chi connectivity index (χ0v) is 17.2. The number of benzene rings is 2. The highest BCUT2D eigenvalue weighted by Gasteiger charge is 2.29. The number of rotatable bonds is 4. The molecule has 0 bridgehead atoms. The van der Waals surface area contributed by atoms with Crippen LogP contribution in [0.3, 0.4) is 0 Å². The van der Waals surface area contributed by atoms with Gasteiger partial charge in [0, 0.05) is 16.6 Å². The van der Waals surface area contributed by atoms with Crippen molar-refractivity contribution < 1.29 is 19.2 Å². The third-order valence-electron chi connectivity index (χ3n) is 4.49. The molecule has 2 aromatic carbocycles. The van der Waals surface area contributed by atoms with E-state index in [0.717, 1.165) is 4.47 Å². The van der Waals surface area contributed by atoms with E-state index in [1.54, 1.807) is 37.3 Å². The summed E-state index contributed by atoms with van der Waals surface area (Å²) in [5.41, 5.74) is 1.53. The Morgan fingerprint density at radius 1 is 1.20 bits per heavy atom. The van der Waals surface area contributed by atoms with Crippen LogP contribution in [0, 0.1) is 10.1 Å². The quantitative estimate of drug-likeness (QED) is 0.325. The van der Waals surface area contributed by atoms with Crippen LogP contribution in [0.4, 0.5) is 11.4 Å². The lowest BCUT2D eigenvalue weighted by atomic mass is 10.1. The Balaban J connectivity index is 1.65. The van der Waals surface area contributed by atoms with Crippen LogP contribution in [0.2, 0.25) is 0 Å². The molecule has 9 heteroatoms. The van der Waals surface area contributed by atoms with Crippen LogP contribution < -0.4 is 5.01 Å². The lowest BCUT2D eigenvalue weighted by Gasteiger charge is -2.11. The molecule has 0 fully saturated rings. The number of carbonyl (C=O) groups is 1. The molecule has 4 rings (SSSR count). The van der Waals surface area contributed by atoms with Crippen LogP contribution in [0.15, 0.2) is 74.2 Å². The number of non-ortho nitro benzene ring substituents is 1. The standard InChI is InChI=1S/C21H14BrN3O5/c1-12-17(21(27)24(23-12)14-4-2-3-13(22)9-14)11-16-6-8-20(30-16)18-10-15(25(28)29)5-7-19(18)26/h2-11,26H,1H3/b17-11+. The molecule has 3 aromatic rings. The second kappa shape index (κ2) is 7.60. The first kappa shape index (κ1) is 19.6. The number of nitro groups is 1. The summed E-state index contributed by atoms with van der Waals surface area (Å²) < 4.78 is 6.54. The molecule has 0 spiro atoms. The molecular formula is C21H14BrN3O5. The molecule has 30 heavy (non-hydrogen) atoms. The number of halogens is 1. The van der Waals surface area contributed by atoms with Gasteiger partial charge in [-0.2, -0.15) is 10.1 Å². The first-order valence-electron chi connectivity index (χ1n) is 8.78. The first-order chi connectivity index (χ1) is 14.3. The average Bonchev–Trinajstić information content (AvgIpc) is 3.28. The van der Waals surface area contributed by atoms with E-state index < -0.39 is 4.92 Å². The largest absolute Gasteiger partial charge is 0.507 e. The Labute approximate surface area is 179 Å². The molecule has 1 aliphatic heterocycles. The van der Waals surface area contributed by atoms with Crippen molar-refractivity contribution in [3.8, 4) is 17.1 Å². The van der Waals surface area contributed by atoms with E-state index in [4.69, 9.17) is 4.42 Å². The third-order valence-corrected chi connectivity index (χ3v) is 4.98. The summed E-state index contributed by atoms with van der Waals surface area (Å²) in [6.07, 6.45) is 1.55. The topological polar surface area (TPSA) is 109 Å². The molecule has 0 unspecified atom stereocenters. The molecule has 0 atom stereocenters. The number of phenols is 1. The maximum Gasteiger partial charge on any atom is 0.280 e. The summed E-state index contributed by atoms with van der Waals surface area (Å²) in [6, 6.07) is 14.1. The molecular weight excluding hydrogens is 454 g/mol.